The van der Waals surface area contributed by atoms with E-state index in [0.29, 0.717) is 0 Å². The van der Waals surface area contributed by atoms with E-state index in [2.05, 4.69) is 200 Å². The maximum Gasteiger partial charge on any atom is 0.159 e. The van der Waals surface area contributed by atoms with Crippen LogP contribution in [0.2, 0.25) is 0 Å². The molecule has 0 saturated heterocycles. The molecule has 0 aliphatic heterocycles. The van der Waals surface area contributed by atoms with Crippen LogP contribution in [0.25, 0.3) is 80.7 Å². The normalized spacial score (nSPS) is 12.2. The zero-order valence-corrected chi connectivity index (χ0v) is 32.3. The van der Waals surface area contributed by atoms with Gasteiger partial charge in [0.1, 0.15) is 5.58 Å². The monoisotopic (exact) mass is 738 g/mol. The number of hydrogen-bond acceptors (Lipinski definition) is 3. The Hall–Kier alpha value is -6.62. The van der Waals surface area contributed by atoms with Crippen molar-refractivity contribution in [2.24, 2.45) is 0 Å². The Morgan fingerprint density at radius 3 is 1.95 bits per heavy atom. The summed E-state index contributed by atoms with van der Waals surface area (Å²) in [5.74, 6) is 0. The zero-order chi connectivity index (χ0) is 37.5. The van der Waals surface area contributed by atoms with E-state index in [1.165, 1.54) is 58.8 Å². The lowest BCUT2D eigenvalue weighted by molar-refractivity contribution is 0.590. The van der Waals surface area contributed by atoms with E-state index in [9.17, 15) is 0 Å². The second-order valence-corrected chi connectivity index (χ2v) is 16.8. The van der Waals surface area contributed by atoms with Crippen LogP contribution in [-0.4, -0.2) is 4.57 Å². The van der Waals surface area contributed by atoms with Gasteiger partial charge in [-0.3, -0.25) is 0 Å². The summed E-state index contributed by atoms with van der Waals surface area (Å²) < 4.78 is 11.6. The Morgan fingerprint density at radius 1 is 0.500 bits per heavy atom. The van der Waals surface area contributed by atoms with Crippen molar-refractivity contribution >= 4 is 92.3 Å². The molecule has 3 nitrogen and oxygen atoms in total. The van der Waals surface area contributed by atoms with Crippen LogP contribution in [0.5, 0.6) is 0 Å². The number of thiophene rings is 1. The quantitative estimate of drug-likeness (QED) is 0.175. The van der Waals surface area contributed by atoms with Gasteiger partial charge < -0.3 is 13.9 Å². The van der Waals surface area contributed by atoms with Gasteiger partial charge >= 0.3 is 0 Å². The van der Waals surface area contributed by atoms with Crippen molar-refractivity contribution < 1.29 is 4.42 Å². The molecule has 4 heteroatoms. The van der Waals surface area contributed by atoms with Crippen molar-refractivity contribution in [3.8, 4) is 16.8 Å². The molecular weight excluding hydrogens is 701 g/mol. The van der Waals surface area contributed by atoms with Gasteiger partial charge in [0, 0.05) is 48.4 Å². The molecule has 0 saturated carbocycles. The molecule has 268 valence electrons. The molecular formula is C52H38N2OS. The number of benzene rings is 8. The maximum absolute atomic E-state index is 6.67. The van der Waals surface area contributed by atoms with E-state index in [4.69, 9.17) is 4.42 Å². The molecule has 11 rings (SSSR count). The number of hydrogen-bond donors (Lipinski definition) is 0. The van der Waals surface area contributed by atoms with Crippen molar-refractivity contribution in [2.45, 2.75) is 26.2 Å². The Morgan fingerprint density at radius 2 is 1.14 bits per heavy atom. The first kappa shape index (κ1) is 32.8. The van der Waals surface area contributed by atoms with Gasteiger partial charge in [-0.1, -0.05) is 136 Å². The minimum Gasteiger partial charge on any atom is -0.454 e. The van der Waals surface area contributed by atoms with Gasteiger partial charge in [-0.25, -0.2) is 0 Å². The van der Waals surface area contributed by atoms with Gasteiger partial charge in [-0.05, 0) is 82.8 Å². The van der Waals surface area contributed by atoms with Crippen LogP contribution >= 0.6 is 11.3 Å². The van der Waals surface area contributed by atoms with E-state index in [1.807, 2.05) is 17.4 Å². The van der Waals surface area contributed by atoms with Gasteiger partial charge in [0.25, 0.3) is 0 Å². The Labute approximate surface area is 329 Å². The molecule has 8 aromatic carbocycles. The Kier molecular flexibility index (Phi) is 7.29. The number of fused-ring (bicyclic) bond motifs is 9. The van der Waals surface area contributed by atoms with Crippen molar-refractivity contribution in [3.05, 3.63) is 181 Å². The number of nitrogens with zero attached hydrogens (tertiary/aromatic N) is 2. The highest BCUT2D eigenvalue weighted by molar-refractivity contribution is 7.26. The third kappa shape index (κ3) is 5.10. The molecule has 3 aromatic heterocycles. The fourth-order valence-electron chi connectivity index (χ4n) is 8.57. The second-order valence-electron chi connectivity index (χ2n) is 15.8. The van der Waals surface area contributed by atoms with Crippen LogP contribution in [0.4, 0.5) is 17.1 Å². The first-order chi connectivity index (χ1) is 27.4. The zero-order valence-electron chi connectivity index (χ0n) is 31.5. The predicted octanol–water partition coefficient (Wildman–Crippen LogP) is 15.5. The Bertz CT molecular complexity index is 3170. The molecule has 0 N–H and O–H groups in total. The van der Waals surface area contributed by atoms with Crippen molar-refractivity contribution in [1.82, 2.24) is 4.57 Å². The molecule has 0 atom stereocenters. The topological polar surface area (TPSA) is 21.3 Å². The lowest BCUT2D eigenvalue weighted by Gasteiger charge is -2.26. The smallest absolute Gasteiger partial charge is 0.159 e. The lowest BCUT2D eigenvalue weighted by Crippen LogP contribution is -2.10. The average Bonchev–Trinajstić information content (AvgIpc) is 3.91. The summed E-state index contributed by atoms with van der Waals surface area (Å²) >= 11 is 1.85. The van der Waals surface area contributed by atoms with Crippen molar-refractivity contribution in [2.75, 3.05) is 4.90 Å². The molecule has 0 aliphatic rings. The molecule has 0 spiro atoms. The van der Waals surface area contributed by atoms with Crippen molar-refractivity contribution in [3.63, 3.8) is 0 Å². The molecule has 3 heterocycles. The summed E-state index contributed by atoms with van der Waals surface area (Å²) in [6.07, 6.45) is 0. The van der Waals surface area contributed by atoms with E-state index in [0.717, 1.165) is 44.6 Å². The highest BCUT2D eigenvalue weighted by Crippen LogP contribution is 2.48. The third-order valence-electron chi connectivity index (χ3n) is 11.4. The van der Waals surface area contributed by atoms with Crippen molar-refractivity contribution in [1.29, 1.82) is 0 Å². The summed E-state index contributed by atoms with van der Waals surface area (Å²) in [7, 11) is 0. The van der Waals surface area contributed by atoms with Gasteiger partial charge in [-0.15, -0.1) is 11.3 Å². The van der Waals surface area contributed by atoms with Gasteiger partial charge in [0.2, 0.25) is 0 Å². The first-order valence-electron chi connectivity index (χ1n) is 19.3. The molecule has 0 radical (unpaired) electrons. The molecule has 0 fully saturated rings. The molecule has 0 aliphatic carbocycles. The van der Waals surface area contributed by atoms with Gasteiger partial charge in [0.15, 0.2) is 5.58 Å². The molecule has 0 bridgehead atoms. The van der Waals surface area contributed by atoms with Crippen LogP contribution in [0, 0.1) is 0 Å². The molecule has 56 heavy (non-hydrogen) atoms. The summed E-state index contributed by atoms with van der Waals surface area (Å²) in [5, 5.41) is 7.29. The number of para-hydroxylation sites is 3. The van der Waals surface area contributed by atoms with Crippen LogP contribution in [0.1, 0.15) is 26.3 Å². The standard InChI is InChI=1S/C52H38N2OS/c1-52(2,3)35-25-29-37(30-26-35)53-44-17-7-4-12-38(44)39-31-24-34(32-47(39)53)33-22-27-36(28-23-33)54(45-18-10-15-42-40-13-5-8-20-48(40)55-50(42)45)46-19-11-16-43-41-14-6-9-21-49(41)56-51(43)46/h4-32H,1-3H3. The minimum absolute atomic E-state index is 0.0945. The highest BCUT2D eigenvalue weighted by Gasteiger charge is 2.23. The maximum atomic E-state index is 6.67. The molecule has 0 unspecified atom stereocenters. The lowest BCUT2D eigenvalue weighted by atomic mass is 9.87. The summed E-state index contributed by atoms with van der Waals surface area (Å²) in [6.45, 7) is 6.80. The van der Waals surface area contributed by atoms with Gasteiger partial charge in [-0.2, -0.15) is 0 Å². The van der Waals surface area contributed by atoms with E-state index in [1.54, 1.807) is 0 Å². The van der Waals surface area contributed by atoms with Crippen LogP contribution < -0.4 is 4.90 Å². The fraction of sp³-hybridized carbons (Fsp3) is 0.0769. The number of furan rings is 1. The number of rotatable bonds is 5. The van der Waals surface area contributed by atoms with Crippen LogP contribution in [0.3, 0.4) is 0 Å². The first-order valence-corrected chi connectivity index (χ1v) is 20.1. The number of anilines is 3. The highest BCUT2D eigenvalue weighted by atomic mass is 32.1. The van der Waals surface area contributed by atoms with E-state index < -0.39 is 0 Å². The number of aromatic nitrogens is 1. The van der Waals surface area contributed by atoms with Crippen LogP contribution in [0.15, 0.2) is 180 Å². The SMILES string of the molecule is CC(C)(C)c1ccc(-n2c3ccccc3c3ccc(-c4ccc(N(c5cccc6c5oc5ccccc56)c5cccc6c5sc5ccccc56)cc4)cc32)cc1. The molecule has 0 amide bonds. The largest absolute Gasteiger partial charge is 0.454 e. The van der Waals surface area contributed by atoms with Crippen LogP contribution in [-0.2, 0) is 5.41 Å². The summed E-state index contributed by atoms with van der Waals surface area (Å²) in [4.78, 5) is 2.38. The molecule has 11 aromatic rings. The van der Waals surface area contributed by atoms with Gasteiger partial charge in [0.05, 0.1) is 27.1 Å². The third-order valence-corrected chi connectivity index (χ3v) is 12.6. The summed E-state index contributed by atoms with van der Waals surface area (Å²) in [5.41, 5.74) is 12.3. The fourth-order valence-corrected chi connectivity index (χ4v) is 9.77. The second kappa shape index (κ2) is 12.5. The predicted molar refractivity (Wildman–Crippen MR) is 240 cm³/mol. The minimum atomic E-state index is 0.0945. The van der Waals surface area contributed by atoms with E-state index >= 15 is 0 Å². The average molecular weight is 739 g/mol. The summed E-state index contributed by atoms with van der Waals surface area (Å²) in [6, 6.07) is 64.0. The van der Waals surface area contributed by atoms with E-state index in [-0.39, 0.29) is 5.41 Å². The Balaban J connectivity index is 1.08.